The Morgan fingerprint density at radius 3 is 2.92 bits per heavy atom. The molecule has 0 unspecified atom stereocenters. The molecule has 0 radical (unpaired) electrons. The van der Waals surface area contributed by atoms with E-state index in [1.807, 2.05) is 24.3 Å². The lowest BCUT2D eigenvalue weighted by atomic mass is 10.1. The van der Waals surface area contributed by atoms with Crippen molar-refractivity contribution < 1.29 is 9.59 Å². The number of halogens is 1. The van der Waals surface area contributed by atoms with E-state index >= 15 is 0 Å². The minimum absolute atomic E-state index is 0.0107. The normalized spacial score (nSPS) is 16.2. The first-order valence-electron chi connectivity index (χ1n) is 12.0. The molecule has 2 aromatic carbocycles. The molecule has 11 heteroatoms. The molecule has 1 aliphatic heterocycles. The zero-order valence-corrected chi connectivity index (χ0v) is 20.7. The number of aromatic amines is 1. The van der Waals surface area contributed by atoms with E-state index in [9.17, 15) is 9.59 Å². The number of amides is 2. The number of nitrogens with zero attached hydrogens (tertiary/aromatic N) is 5. The first-order valence-corrected chi connectivity index (χ1v) is 12.4. The molecule has 5 rings (SSSR count). The van der Waals surface area contributed by atoms with Crippen molar-refractivity contribution in [3.8, 4) is 16.9 Å². The van der Waals surface area contributed by atoms with Crippen LogP contribution in [0.2, 0.25) is 5.02 Å². The summed E-state index contributed by atoms with van der Waals surface area (Å²) in [6.07, 6.45) is 9.95. The second-order valence-electron chi connectivity index (χ2n) is 8.73. The van der Waals surface area contributed by atoms with Crippen LogP contribution in [0, 0.1) is 0 Å². The van der Waals surface area contributed by atoms with E-state index in [4.69, 9.17) is 11.6 Å². The summed E-state index contributed by atoms with van der Waals surface area (Å²) in [4.78, 5) is 33.3. The number of rotatable bonds is 4. The Morgan fingerprint density at radius 2 is 2.05 bits per heavy atom. The minimum Gasteiger partial charge on any atom is -0.343 e. The lowest BCUT2D eigenvalue weighted by molar-refractivity contribution is -0.117. The highest BCUT2D eigenvalue weighted by atomic mass is 35.5. The summed E-state index contributed by atoms with van der Waals surface area (Å²) in [6, 6.07) is 12.5. The van der Waals surface area contributed by atoms with E-state index in [0.29, 0.717) is 34.9 Å². The molecule has 1 aliphatic rings. The Bertz CT molecular complexity index is 1430. The molecule has 3 heterocycles. The van der Waals surface area contributed by atoms with Crippen LogP contribution >= 0.6 is 11.6 Å². The van der Waals surface area contributed by atoms with Gasteiger partial charge in [0.1, 0.15) is 12.2 Å². The molecule has 0 spiro atoms. The molecular weight excluding hydrogens is 492 g/mol. The van der Waals surface area contributed by atoms with Crippen molar-refractivity contribution in [1.29, 1.82) is 0 Å². The summed E-state index contributed by atoms with van der Waals surface area (Å²) >= 11 is 6.18. The summed E-state index contributed by atoms with van der Waals surface area (Å²) in [6.45, 7) is 0. The van der Waals surface area contributed by atoms with Crippen LogP contribution in [0.4, 0.5) is 5.69 Å². The summed E-state index contributed by atoms with van der Waals surface area (Å²) in [7, 11) is 0. The number of benzene rings is 2. The number of aromatic nitrogens is 6. The summed E-state index contributed by atoms with van der Waals surface area (Å²) in [5.41, 5.74) is 3.72. The van der Waals surface area contributed by atoms with E-state index in [0.717, 1.165) is 36.2 Å². The van der Waals surface area contributed by atoms with Crippen LogP contribution in [0.5, 0.6) is 0 Å². The molecule has 3 N–H and O–H groups in total. The fourth-order valence-electron chi connectivity index (χ4n) is 4.30. The smallest absolute Gasteiger partial charge is 0.244 e. The largest absolute Gasteiger partial charge is 0.343 e. The minimum atomic E-state index is -0.319. The van der Waals surface area contributed by atoms with E-state index in [2.05, 4.69) is 36.1 Å². The zero-order chi connectivity index (χ0) is 25.6. The van der Waals surface area contributed by atoms with Gasteiger partial charge in [-0.3, -0.25) is 9.59 Å². The maximum Gasteiger partial charge on any atom is 0.244 e. The molecule has 2 aromatic heterocycles. The molecule has 4 aromatic rings. The number of hydrogen-bond acceptors (Lipinski definition) is 6. The number of fused-ring (bicyclic) bond motifs is 4. The fourth-order valence-corrected chi connectivity index (χ4v) is 4.48. The van der Waals surface area contributed by atoms with Crippen LogP contribution in [0.3, 0.4) is 0 Å². The predicted octanol–water partition coefficient (Wildman–Crippen LogP) is 4.48. The molecule has 0 saturated heterocycles. The first kappa shape index (κ1) is 24.4. The van der Waals surface area contributed by atoms with Gasteiger partial charge in [0.05, 0.1) is 29.3 Å². The second kappa shape index (κ2) is 11.2. The fraction of sp³-hybridized carbons (Fsp3) is 0.231. The van der Waals surface area contributed by atoms with Crippen molar-refractivity contribution in [3.63, 3.8) is 0 Å². The Morgan fingerprint density at radius 1 is 1.16 bits per heavy atom. The van der Waals surface area contributed by atoms with Gasteiger partial charge in [0.15, 0.2) is 0 Å². The zero-order valence-electron chi connectivity index (χ0n) is 19.9. The van der Waals surface area contributed by atoms with Crippen molar-refractivity contribution in [2.45, 2.75) is 38.1 Å². The van der Waals surface area contributed by atoms with Crippen molar-refractivity contribution in [3.05, 3.63) is 77.5 Å². The molecule has 0 aliphatic carbocycles. The second-order valence-corrected chi connectivity index (χ2v) is 9.16. The van der Waals surface area contributed by atoms with Gasteiger partial charge in [-0.2, -0.15) is 4.68 Å². The van der Waals surface area contributed by atoms with Crippen molar-refractivity contribution in [1.82, 2.24) is 35.5 Å². The van der Waals surface area contributed by atoms with Crippen LogP contribution in [-0.2, 0) is 9.59 Å². The van der Waals surface area contributed by atoms with Gasteiger partial charge in [0.25, 0.3) is 0 Å². The van der Waals surface area contributed by atoms with E-state index in [1.54, 1.807) is 30.5 Å². The maximum absolute atomic E-state index is 13.0. The molecule has 188 valence electrons. The first-order chi connectivity index (χ1) is 18.1. The van der Waals surface area contributed by atoms with Gasteiger partial charge in [0.2, 0.25) is 11.8 Å². The van der Waals surface area contributed by atoms with Crippen LogP contribution in [-0.4, -0.2) is 42.0 Å². The van der Waals surface area contributed by atoms with E-state index < -0.39 is 0 Å². The average molecular weight is 517 g/mol. The number of anilines is 1. The Hall–Kier alpha value is -4.31. The predicted molar refractivity (Wildman–Crippen MR) is 140 cm³/mol. The van der Waals surface area contributed by atoms with Gasteiger partial charge >= 0.3 is 0 Å². The lowest BCUT2D eigenvalue weighted by Crippen LogP contribution is -2.27. The van der Waals surface area contributed by atoms with Crippen LogP contribution in [0.1, 0.15) is 49.5 Å². The van der Waals surface area contributed by atoms with Gasteiger partial charge in [-0.05, 0) is 53.6 Å². The Labute approximate surface area is 218 Å². The number of carbonyl (C=O) groups excluding carboxylic acids is 2. The summed E-state index contributed by atoms with van der Waals surface area (Å²) in [5, 5.41) is 17.9. The number of para-hydroxylation sites is 1. The van der Waals surface area contributed by atoms with Gasteiger partial charge in [-0.1, -0.05) is 42.6 Å². The quantitative estimate of drug-likeness (QED) is 0.343. The number of carbonyl (C=O) groups is 2. The monoisotopic (exact) mass is 516 g/mol. The highest BCUT2D eigenvalue weighted by molar-refractivity contribution is 6.30. The van der Waals surface area contributed by atoms with Crippen LogP contribution in [0.25, 0.3) is 23.0 Å². The van der Waals surface area contributed by atoms with Crippen molar-refractivity contribution in [2.24, 2.45) is 0 Å². The lowest BCUT2D eigenvalue weighted by Gasteiger charge is -2.16. The van der Waals surface area contributed by atoms with Gasteiger partial charge in [0, 0.05) is 28.6 Å². The SMILES string of the molecule is O=C(C=Cc1cc(Cl)ccc1-n1cnnn1)N[C@H]1CCCCCC(=O)Nc2ccccc2-c2cnc1[nH]2. The molecule has 10 nitrogen and oxygen atoms in total. The van der Waals surface area contributed by atoms with Gasteiger partial charge in [-0.15, -0.1) is 5.10 Å². The Kier molecular flexibility index (Phi) is 7.36. The highest BCUT2D eigenvalue weighted by Gasteiger charge is 2.19. The molecule has 2 bridgehead atoms. The topological polar surface area (TPSA) is 130 Å². The molecule has 1 atom stereocenters. The van der Waals surface area contributed by atoms with Crippen molar-refractivity contribution >= 4 is 35.2 Å². The maximum atomic E-state index is 13.0. The van der Waals surface area contributed by atoms with Gasteiger partial charge < -0.3 is 15.6 Å². The molecule has 2 amide bonds. The number of imidazole rings is 1. The summed E-state index contributed by atoms with van der Waals surface area (Å²) in [5.74, 6) is 0.380. The highest BCUT2D eigenvalue weighted by Crippen LogP contribution is 2.29. The van der Waals surface area contributed by atoms with Crippen LogP contribution in [0.15, 0.2) is 61.1 Å². The Balaban J connectivity index is 1.37. The van der Waals surface area contributed by atoms with Crippen LogP contribution < -0.4 is 10.6 Å². The molecule has 37 heavy (non-hydrogen) atoms. The number of tetrazole rings is 1. The summed E-state index contributed by atoms with van der Waals surface area (Å²) < 4.78 is 1.51. The third-order valence-corrected chi connectivity index (χ3v) is 6.36. The average Bonchev–Trinajstić information content (AvgIpc) is 3.60. The third-order valence-electron chi connectivity index (χ3n) is 6.13. The number of nitrogens with one attached hydrogen (secondary N) is 3. The van der Waals surface area contributed by atoms with Crippen molar-refractivity contribution in [2.75, 3.05) is 5.32 Å². The van der Waals surface area contributed by atoms with Gasteiger partial charge in [-0.25, -0.2) is 4.98 Å². The van der Waals surface area contributed by atoms with E-state index in [1.165, 1.54) is 17.1 Å². The van der Waals surface area contributed by atoms with E-state index in [-0.39, 0.29) is 17.9 Å². The standard InChI is InChI=1S/C26H25ClN8O2/c27-18-11-12-23(35-16-29-33-34-35)17(14-18)10-13-25(37)31-21-8-2-1-3-9-24(36)30-20-7-5-4-6-19(20)22-15-28-26(21)32-22/h4-7,10-16,21H,1-3,8-9H2,(H,28,32)(H,30,36)(H,31,37)/t21-/m0/s1. The molecule has 0 saturated carbocycles. The number of hydrogen-bond donors (Lipinski definition) is 3. The number of H-pyrrole nitrogens is 1. The molecule has 0 fully saturated rings. The third kappa shape index (κ3) is 5.92. The molecular formula is C26H25ClN8O2.